The third-order valence-corrected chi connectivity index (χ3v) is 2.69. The van der Waals surface area contributed by atoms with Crippen LogP contribution in [0.1, 0.15) is 23.0 Å². The van der Waals surface area contributed by atoms with Crippen molar-refractivity contribution >= 4 is 0 Å². The maximum atomic E-state index is 5.38. The van der Waals surface area contributed by atoms with Gasteiger partial charge in [0.1, 0.15) is 17.9 Å². The van der Waals surface area contributed by atoms with E-state index >= 15 is 0 Å². The Balaban J connectivity index is 2.46. The molecule has 2 N–H and O–H groups in total. The fourth-order valence-electron chi connectivity index (χ4n) is 1.87. The molecule has 17 heavy (non-hydrogen) atoms. The van der Waals surface area contributed by atoms with Gasteiger partial charge in [-0.25, -0.2) is 4.98 Å². The number of aryl methyl sites for hydroxylation is 1. The van der Waals surface area contributed by atoms with E-state index in [2.05, 4.69) is 33.5 Å². The minimum Gasteiger partial charge on any atom is -0.496 e. The van der Waals surface area contributed by atoms with Gasteiger partial charge < -0.3 is 10.1 Å². The van der Waals surface area contributed by atoms with Gasteiger partial charge in [-0.1, -0.05) is 17.7 Å². The molecule has 1 aromatic heterocycles. The highest BCUT2D eigenvalue weighted by atomic mass is 16.5. The monoisotopic (exact) mass is 232 g/mol. The smallest absolute Gasteiger partial charge is 0.146 e. The lowest BCUT2D eigenvalue weighted by Crippen LogP contribution is -2.20. The molecule has 0 aliphatic carbocycles. The minimum absolute atomic E-state index is 0.0488. The first-order chi connectivity index (χ1) is 8.26. The zero-order valence-electron chi connectivity index (χ0n) is 10.2. The molecule has 90 valence electrons. The van der Waals surface area contributed by atoms with Crippen molar-refractivity contribution in [1.29, 1.82) is 0 Å². The van der Waals surface area contributed by atoms with Crippen molar-refractivity contribution in [1.82, 2.24) is 20.5 Å². The number of benzene rings is 1. The van der Waals surface area contributed by atoms with Crippen molar-refractivity contribution in [3.05, 3.63) is 41.5 Å². The summed E-state index contributed by atoms with van der Waals surface area (Å²) in [6, 6.07) is 6.02. The van der Waals surface area contributed by atoms with E-state index in [1.54, 1.807) is 7.11 Å². The molecule has 0 radical (unpaired) electrons. The molecule has 5 nitrogen and oxygen atoms in total. The Kier molecular flexibility index (Phi) is 3.39. The molecule has 0 fully saturated rings. The van der Waals surface area contributed by atoms with E-state index in [-0.39, 0.29) is 6.04 Å². The first kappa shape index (κ1) is 11.6. The van der Waals surface area contributed by atoms with Gasteiger partial charge in [-0.15, -0.1) is 0 Å². The number of aromatic amines is 1. The standard InChI is InChI=1S/C12H16N4O/c1-8-4-5-10(17-3)9(6-8)11(13-2)12-14-7-15-16-12/h4-7,11,13H,1-3H3,(H,14,15,16). The van der Waals surface area contributed by atoms with Crippen LogP contribution in [0.3, 0.4) is 0 Å². The second-order valence-corrected chi connectivity index (χ2v) is 3.84. The lowest BCUT2D eigenvalue weighted by Gasteiger charge is -2.17. The summed E-state index contributed by atoms with van der Waals surface area (Å²) in [5.74, 6) is 1.61. The second kappa shape index (κ2) is 4.97. The van der Waals surface area contributed by atoms with Gasteiger partial charge in [0, 0.05) is 5.56 Å². The average Bonchev–Trinajstić information content (AvgIpc) is 2.84. The van der Waals surface area contributed by atoms with Crippen LogP contribution in [0.25, 0.3) is 0 Å². The van der Waals surface area contributed by atoms with Crippen molar-refractivity contribution in [2.45, 2.75) is 13.0 Å². The summed E-state index contributed by atoms with van der Waals surface area (Å²) in [5.41, 5.74) is 2.23. The molecule has 2 rings (SSSR count). The summed E-state index contributed by atoms with van der Waals surface area (Å²) in [7, 11) is 3.55. The van der Waals surface area contributed by atoms with Crippen molar-refractivity contribution in [3.63, 3.8) is 0 Å². The SMILES string of the molecule is CNC(c1ncn[nH]1)c1cc(C)ccc1OC. The molecule has 1 heterocycles. The molecular weight excluding hydrogens is 216 g/mol. The lowest BCUT2D eigenvalue weighted by atomic mass is 10.0. The molecule has 0 aliphatic rings. The minimum atomic E-state index is -0.0488. The van der Waals surface area contributed by atoms with E-state index in [1.165, 1.54) is 11.9 Å². The van der Waals surface area contributed by atoms with E-state index in [0.717, 1.165) is 17.1 Å². The molecule has 1 aromatic carbocycles. The Labute approximate surface area is 100 Å². The normalized spacial score (nSPS) is 12.4. The highest BCUT2D eigenvalue weighted by molar-refractivity contribution is 5.41. The van der Waals surface area contributed by atoms with Crippen molar-refractivity contribution in [2.24, 2.45) is 0 Å². The topological polar surface area (TPSA) is 62.8 Å². The first-order valence-corrected chi connectivity index (χ1v) is 5.43. The van der Waals surface area contributed by atoms with Gasteiger partial charge in [-0.2, -0.15) is 5.10 Å². The lowest BCUT2D eigenvalue weighted by molar-refractivity contribution is 0.404. The van der Waals surface area contributed by atoms with Crippen LogP contribution in [-0.2, 0) is 0 Å². The van der Waals surface area contributed by atoms with Crippen LogP contribution in [0.15, 0.2) is 24.5 Å². The molecule has 0 bridgehead atoms. The van der Waals surface area contributed by atoms with Crippen LogP contribution >= 0.6 is 0 Å². The van der Waals surface area contributed by atoms with Crippen molar-refractivity contribution in [3.8, 4) is 5.75 Å². The van der Waals surface area contributed by atoms with Gasteiger partial charge in [-0.3, -0.25) is 5.10 Å². The number of methoxy groups -OCH3 is 1. The second-order valence-electron chi connectivity index (χ2n) is 3.84. The molecule has 0 aliphatic heterocycles. The Hall–Kier alpha value is -1.88. The summed E-state index contributed by atoms with van der Waals surface area (Å²) < 4.78 is 5.38. The summed E-state index contributed by atoms with van der Waals surface area (Å²) in [4.78, 5) is 4.18. The van der Waals surface area contributed by atoms with Crippen LogP contribution in [0.5, 0.6) is 5.75 Å². The van der Waals surface area contributed by atoms with Gasteiger partial charge in [0.05, 0.1) is 13.2 Å². The van der Waals surface area contributed by atoms with E-state index in [9.17, 15) is 0 Å². The zero-order valence-corrected chi connectivity index (χ0v) is 10.2. The number of ether oxygens (including phenoxy) is 1. The zero-order chi connectivity index (χ0) is 12.3. The van der Waals surface area contributed by atoms with Crippen molar-refractivity contribution < 1.29 is 4.74 Å². The van der Waals surface area contributed by atoms with Gasteiger partial charge in [0.15, 0.2) is 0 Å². The third-order valence-electron chi connectivity index (χ3n) is 2.69. The average molecular weight is 232 g/mol. The number of hydrogen-bond donors (Lipinski definition) is 2. The van der Waals surface area contributed by atoms with E-state index in [4.69, 9.17) is 4.74 Å². The number of rotatable bonds is 4. The Morgan fingerprint density at radius 1 is 1.41 bits per heavy atom. The number of aromatic nitrogens is 3. The maximum Gasteiger partial charge on any atom is 0.146 e. The van der Waals surface area contributed by atoms with Gasteiger partial charge >= 0.3 is 0 Å². The van der Waals surface area contributed by atoms with Crippen LogP contribution in [0.2, 0.25) is 0 Å². The highest BCUT2D eigenvalue weighted by Crippen LogP contribution is 2.28. The summed E-state index contributed by atoms with van der Waals surface area (Å²) in [6.45, 7) is 2.05. The van der Waals surface area contributed by atoms with E-state index < -0.39 is 0 Å². The number of H-pyrrole nitrogens is 1. The number of nitrogens with zero attached hydrogens (tertiary/aromatic N) is 2. The van der Waals surface area contributed by atoms with Crippen LogP contribution < -0.4 is 10.1 Å². The molecule has 5 heteroatoms. The summed E-state index contributed by atoms with van der Waals surface area (Å²) >= 11 is 0. The fraction of sp³-hybridized carbons (Fsp3) is 0.333. The summed E-state index contributed by atoms with van der Waals surface area (Å²) in [5, 5.41) is 9.96. The Morgan fingerprint density at radius 2 is 2.24 bits per heavy atom. The number of hydrogen-bond acceptors (Lipinski definition) is 4. The quantitative estimate of drug-likeness (QED) is 0.837. The van der Waals surface area contributed by atoms with Crippen LogP contribution in [0.4, 0.5) is 0 Å². The fourth-order valence-corrected chi connectivity index (χ4v) is 1.87. The molecule has 0 saturated carbocycles. The van der Waals surface area contributed by atoms with Gasteiger partial charge in [0.25, 0.3) is 0 Å². The van der Waals surface area contributed by atoms with Gasteiger partial charge in [-0.05, 0) is 20.0 Å². The summed E-state index contributed by atoms with van der Waals surface area (Å²) in [6.07, 6.45) is 1.50. The molecule has 2 aromatic rings. The predicted molar refractivity (Wildman–Crippen MR) is 65.0 cm³/mol. The molecule has 1 atom stereocenters. The molecular formula is C12H16N4O. The Bertz CT molecular complexity index is 481. The molecule has 0 amide bonds. The predicted octanol–water partition coefficient (Wildman–Crippen LogP) is 1.43. The molecule has 0 saturated heterocycles. The highest BCUT2D eigenvalue weighted by Gasteiger charge is 2.18. The molecule has 1 unspecified atom stereocenters. The first-order valence-electron chi connectivity index (χ1n) is 5.43. The Morgan fingerprint density at radius 3 is 2.82 bits per heavy atom. The van der Waals surface area contributed by atoms with E-state index in [0.29, 0.717) is 0 Å². The van der Waals surface area contributed by atoms with Crippen LogP contribution in [0, 0.1) is 6.92 Å². The van der Waals surface area contributed by atoms with Crippen LogP contribution in [-0.4, -0.2) is 29.3 Å². The van der Waals surface area contributed by atoms with Crippen molar-refractivity contribution in [2.75, 3.05) is 14.2 Å². The van der Waals surface area contributed by atoms with Gasteiger partial charge in [0.2, 0.25) is 0 Å². The number of nitrogens with one attached hydrogen (secondary N) is 2. The maximum absolute atomic E-state index is 5.38. The van der Waals surface area contributed by atoms with E-state index in [1.807, 2.05) is 19.2 Å². The molecule has 0 spiro atoms. The largest absolute Gasteiger partial charge is 0.496 e. The third kappa shape index (κ3) is 2.29.